The molecule has 1 unspecified atom stereocenters. The first-order chi connectivity index (χ1) is 5.02. The second-order valence-electron chi connectivity index (χ2n) is 1.58. The molecule has 1 amide bonds. The van der Waals surface area contributed by atoms with Crippen LogP contribution in [0, 0.1) is 0 Å². The third-order valence-corrected chi connectivity index (χ3v) is 5.19. The number of carbonyl (C=O) groups excluding carboxylic acids is 1. The summed E-state index contributed by atoms with van der Waals surface area (Å²) in [5.74, 6) is -0.136. The molecule has 0 spiro atoms. The molecule has 0 aromatic carbocycles. The molecule has 12 heavy (non-hydrogen) atoms. The van der Waals surface area contributed by atoms with E-state index in [1.807, 2.05) is 0 Å². The fraction of sp³-hybridized carbons (Fsp3) is 0.750. The predicted molar refractivity (Wildman–Crippen MR) is 47.8 cm³/mol. The van der Waals surface area contributed by atoms with Gasteiger partial charge < -0.3 is 14.7 Å². The van der Waals surface area contributed by atoms with Gasteiger partial charge in [0.1, 0.15) is 0 Å². The molecule has 0 radical (unpaired) electrons. The molecule has 0 aromatic heterocycles. The summed E-state index contributed by atoms with van der Waals surface area (Å²) in [6.45, 7) is 0. The molecule has 66 valence electrons. The van der Waals surface area contributed by atoms with Gasteiger partial charge in [-0.2, -0.15) is 0 Å². The Labute approximate surface area is 124 Å². The largest absolute Gasteiger partial charge is 1.00 e. The van der Waals surface area contributed by atoms with Crippen LogP contribution in [-0.2, 0) is 21.1 Å². The van der Waals surface area contributed by atoms with Crippen LogP contribution in [0.4, 0.5) is 0 Å². The van der Waals surface area contributed by atoms with E-state index in [9.17, 15) is 9.69 Å². The van der Waals surface area contributed by atoms with Gasteiger partial charge in [0.15, 0.2) is 0 Å². The quantitative estimate of drug-likeness (QED) is 0.420. The summed E-state index contributed by atoms with van der Waals surface area (Å²) in [6.07, 6.45) is 0. The number of amides is 1. The normalized spacial score (nSPS) is 14.2. The Kier molecular flexibility index (Phi) is 11.4. The summed E-state index contributed by atoms with van der Waals surface area (Å²) in [7, 11) is 2.77. The Bertz CT molecular complexity index is 191. The average molecular weight is 253 g/mol. The second-order valence-corrected chi connectivity index (χ2v) is 7.74. The molecule has 0 aliphatic carbocycles. The van der Waals surface area contributed by atoms with E-state index in [0.29, 0.717) is 0 Å². The van der Waals surface area contributed by atoms with E-state index in [2.05, 4.69) is 21.6 Å². The Morgan fingerprint density at radius 3 is 2.67 bits per heavy atom. The monoisotopic (exact) mass is 253 g/mol. The van der Waals surface area contributed by atoms with Crippen LogP contribution in [0.25, 0.3) is 0 Å². The van der Waals surface area contributed by atoms with Crippen molar-refractivity contribution in [3.05, 3.63) is 0 Å². The van der Waals surface area contributed by atoms with E-state index in [1.54, 1.807) is 0 Å². The zero-order valence-corrected chi connectivity index (χ0v) is 12.8. The van der Waals surface area contributed by atoms with Crippen LogP contribution in [-0.4, -0.2) is 25.8 Å². The van der Waals surface area contributed by atoms with Crippen molar-refractivity contribution in [2.75, 3.05) is 19.9 Å². The van der Waals surface area contributed by atoms with E-state index >= 15 is 0 Å². The molecule has 0 bridgehead atoms. The van der Waals surface area contributed by atoms with Crippen LogP contribution in [0.1, 0.15) is 0 Å². The third-order valence-electron chi connectivity index (χ3n) is 0.856. The molecule has 0 heterocycles. The second kappa shape index (κ2) is 8.34. The number of nitrogens with one attached hydrogen (secondary N) is 1. The van der Waals surface area contributed by atoms with Crippen molar-refractivity contribution in [1.82, 2.24) is 5.32 Å². The molecular weight excluding hydrogens is 244 g/mol. The summed E-state index contributed by atoms with van der Waals surface area (Å²) in [6, 6.07) is 0. The zero-order chi connectivity index (χ0) is 8.91. The van der Waals surface area contributed by atoms with Crippen molar-refractivity contribution >= 4 is 34.8 Å². The van der Waals surface area contributed by atoms with Gasteiger partial charge in [0.25, 0.3) is 0 Å². The molecular formula is C4H9KNO3PS2. The number of rotatable bonds is 4. The molecule has 0 rings (SSSR count). The van der Waals surface area contributed by atoms with Gasteiger partial charge in [-0.05, 0) is 0 Å². The van der Waals surface area contributed by atoms with Gasteiger partial charge in [0, 0.05) is 19.9 Å². The Morgan fingerprint density at radius 1 is 1.83 bits per heavy atom. The standard InChI is InChI=1S/C4H10NO3PS2.K/c1-5-4(6)3-11-9(7,10)8-2;/h3H2,1-2H3,(H,5,6)(H,7,10);/q;+1/p-1. The topological polar surface area (TPSA) is 61.4 Å². The van der Waals surface area contributed by atoms with Crippen LogP contribution < -0.4 is 61.6 Å². The minimum absolute atomic E-state index is 0. The average Bonchev–Trinajstić information content (AvgIpc) is 2.00. The summed E-state index contributed by atoms with van der Waals surface area (Å²) >= 11 is 5.37. The third kappa shape index (κ3) is 8.62. The minimum Gasteiger partial charge on any atom is -0.793 e. The van der Waals surface area contributed by atoms with Gasteiger partial charge in [-0.3, -0.25) is 4.79 Å². The van der Waals surface area contributed by atoms with E-state index in [-0.39, 0.29) is 63.0 Å². The molecule has 1 N–H and O–H groups in total. The molecule has 1 atom stereocenters. The van der Waals surface area contributed by atoms with Crippen molar-refractivity contribution in [3.8, 4) is 0 Å². The zero-order valence-electron chi connectivity index (χ0n) is 7.20. The molecule has 0 saturated carbocycles. The van der Waals surface area contributed by atoms with Crippen molar-refractivity contribution in [3.63, 3.8) is 0 Å². The van der Waals surface area contributed by atoms with E-state index < -0.39 is 5.69 Å². The fourth-order valence-electron chi connectivity index (χ4n) is 0.263. The van der Waals surface area contributed by atoms with E-state index in [4.69, 9.17) is 0 Å². The number of hydrogen-bond acceptors (Lipinski definition) is 5. The maximum atomic E-state index is 11.0. The molecule has 8 heteroatoms. The molecule has 0 aliphatic rings. The Balaban J connectivity index is 0. The summed E-state index contributed by atoms with van der Waals surface area (Å²) in [5.41, 5.74) is -3.00. The van der Waals surface area contributed by atoms with E-state index in [0.717, 1.165) is 11.4 Å². The van der Waals surface area contributed by atoms with Gasteiger partial charge in [-0.15, -0.1) is 11.4 Å². The molecule has 0 aliphatic heterocycles. The van der Waals surface area contributed by atoms with Crippen molar-refractivity contribution in [2.24, 2.45) is 0 Å². The summed E-state index contributed by atoms with van der Waals surface area (Å²) in [4.78, 5) is 21.6. The predicted octanol–water partition coefficient (Wildman–Crippen LogP) is -3.30. The Hall–Kier alpha value is 2.03. The molecule has 4 nitrogen and oxygen atoms in total. The van der Waals surface area contributed by atoms with Crippen LogP contribution in [0.2, 0.25) is 0 Å². The number of hydrogen-bond donors (Lipinski definition) is 1. The Morgan fingerprint density at radius 2 is 2.33 bits per heavy atom. The molecule has 0 fully saturated rings. The van der Waals surface area contributed by atoms with Crippen molar-refractivity contribution < 1.29 is 65.6 Å². The fourth-order valence-corrected chi connectivity index (χ4v) is 2.40. The van der Waals surface area contributed by atoms with Gasteiger partial charge >= 0.3 is 51.4 Å². The maximum absolute atomic E-state index is 11.0. The summed E-state index contributed by atoms with van der Waals surface area (Å²) < 4.78 is 4.49. The summed E-state index contributed by atoms with van der Waals surface area (Å²) in [5, 5.41) is 2.38. The molecule has 0 aromatic rings. The van der Waals surface area contributed by atoms with Gasteiger partial charge in [0.2, 0.25) is 5.91 Å². The number of carbonyl (C=O) groups is 1. The van der Waals surface area contributed by atoms with Gasteiger partial charge in [-0.1, -0.05) is 11.8 Å². The van der Waals surface area contributed by atoms with Crippen LogP contribution in [0.3, 0.4) is 0 Å². The van der Waals surface area contributed by atoms with Crippen LogP contribution in [0.5, 0.6) is 0 Å². The van der Waals surface area contributed by atoms with Crippen LogP contribution in [0.15, 0.2) is 0 Å². The first-order valence-corrected chi connectivity index (χ1v) is 6.96. The SMILES string of the molecule is CNC(=O)CSP([O-])(=S)OC.[K+]. The van der Waals surface area contributed by atoms with Crippen molar-refractivity contribution in [2.45, 2.75) is 0 Å². The molecule has 0 saturated heterocycles. The van der Waals surface area contributed by atoms with Gasteiger partial charge in [0.05, 0.1) is 5.75 Å². The maximum Gasteiger partial charge on any atom is 1.00 e. The first kappa shape index (κ1) is 16.5. The first-order valence-electron chi connectivity index (χ1n) is 2.73. The minimum atomic E-state index is -3.00. The smallest absolute Gasteiger partial charge is 0.793 e. The van der Waals surface area contributed by atoms with E-state index in [1.165, 1.54) is 14.2 Å². The van der Waals surface area contributed by atoms with Crippen molar-refractivity contribution in [1.29, 1.82) is 0 Å². The van der Waals surface area contributed by atoms with Gasteiger partial charge in [-0.25, -0.2) is 0 Å². The van der Waals surface area contributed by atoms with Crippen LogP contribution >= 0.6 is 17.1 Å².